The highest BCUT2D eigenvalue weighted by molar-refractivity contribution is 14.1. The predicted molar refractivity (Wildman–Crippen MR) is 63.9 cm³/mol. The molecular weight excluding hydrogens is 293 g/mol. The molecule has 0 aromatic heterocycles. The molecule has 1 aromatic carbocycles. The van der Waals surface area contributed by atoms with Gasteiger partial charge in [0.05, 0.1) is 13.0 Å². The molecule has 0 aliphatic rings. The van der Waals surface area contributed by atoms with Crippen molar-refractivity contribution in [2.75, 3.05) is 12.3 Å². The van der Waals surface area contributed by atoms with Gasteiger partial charge in [0.15, 0.2) is 0 Å². The fourth-order valence-corrected chi connectivity index (χ4v) is 1.42. The Morgan fingerprint density at radius 1 is 1.57 bits per heavy atom. The van der Waals surface area contributed by atoms with Crippen LogP contribution in [0.25, 0.3) is 0 Å². The van der Waals surface area contributed by atoms with Crippen LogP contribution in [0.4, 0.5) is 5.69 Å². The standard InChI is InChI=1S/C10H12INO2/c1-2-14-10(13)6-7-3-4-8(11)9(12)5-7/h3-5H,2,6,12H2,1H3. The quantitative estimate of drug-likeness (QED) is 0.528. The second-order valence-corrected chi connectivity index (χ2v) is 4.00. The maximum absolute atomic E-state index is 11.1. The maximum Gasteiger partial charge on any atom is 0.310 e. The van der Waals surface area contributed by atoms with Crippen molar-refractivity contribution in [3.05, 3.63) is 27.3 Å². The molecule has 0 spiro atoms. The normalized spacial score (nSPS) is 9.86. The van der Waals surface area contributed by atoms with Crippen LogP contribution in [0.2, 0.25) is 0 Å². The number of halogens is 1. The second kappa shape index (κ2) is 5.19. The number of rotatable bonds is 3. The molecule has 0 aliphatic carbocycles. The molecule has 14 heavy (non-hydrogen) atoms. The Kier molecular flexibility index (Phi) is 4.19. The van der Waals surface area contributed by atoms with Crippen LogP contribution in [-0.2, 0) is 16.0 Å². The van der Waals surface area contributed by atoms with E-state index < -0.39 is 0 Å². The summed E-state index contributed by atoms with van der Waals surface area (Å²) >= 11 is 2.15. The number of nitrogen functional groups attached to an aromatic ring is 1. The third-order valence-electron chi connectivity index (χ3n) is 1.71. The van der Waals surface area contributed by atoms with Gasteiger partial charge in [0.25, 0.3) is 0 Å². The number of anilines is 1. The molecule has 0 fully saturated rings. The average molecular weight is 305 g/mol. The van der Waals surface area contributed by atoms with Crippen molar-refractivity contribution in [3.8, 4) is 0 Å². The second-order valence-electron chi connectivity index (χ2n) is 2.84. The van der Waals surface area contributed by atoms with Crippen molar-refractivity contribution in [2.24, 2.45) is 0 Å². The van der Waals surface area contributed by atoms with Gasteiger partial charge in [0, 0.05) is 9.26 Å². The highest BCUT2D eigenvalue weighted by Gasteiger charge is 2.04. The highest BCUT2D eigenvalue weighted by Crippen LogP contribution is 2.16. The smallest absolute Gasteiger partial charge is 0.310 e. The van der Waals surface area contributed by atoms with E-state index in [1.165, 1.54) is 0 Å². The van der Waals surface area contributed by atoms with Crippen molar-refractivity contribution >= 4 is 34.2 Å². The first-order chi connectivity index (χ1) is 6.63. The number of carbonyl (C=O) groups excluding carboxylic acids is 1. The number of hydrogen-bond donors (Lipinski definition) is 1. The molecule has 3 nitrogen and oxygen atoms in total. The molecule has 1 aromatic rings. The van der Waals surface area contributed by atoms with Gasteiger partial charge in [-0.25, -0.2) is 0 Å². The molecule has 0 amide bonds. The molecule has 1 rings (SSSR count). The largest absolute Gasteiger partial charge is 0.466 e. The molecule has 0 bridgehead atoms. The lowest BCUT2D eigenvalue weighted by molar-refractivity contribution is -0.142. The Morgan fingerprint density at radius 2 is 2.29 bits per heavy atom. The lowest BCUT2D eigenvalue weighted by Crippen LogP contribution is -2.07. The van der Waals surface area contributed by atoms with Crippen LogP contribution < -0.4 is 5.73 Å². The van der Waals surface area contributed by atoms with Gasteiger partial charge >= 0.3 is 5.97 Å². The topological polar surface area (TPSA) is 52.3 Å². The first-order valence-corrected chi connectivity index (χ1v) is 5.41. The Morgan fingerprint density at radius 3 is 2.86 bits per heavy atom. The van der Waals surface area contributed by atoms with Crippen LogP contribution in [0.1, 0.15) is 12.5 Å². The van der Waals surface area contributed by atoms with Crippen LogP contribution in [0.3, 0.4) is 0 Å². The molecule has 76 valence electrons. The summed E-state index contributed by atoms with van der Waals surface area (Å²) in [5, 5.41) is 0. The van der Waals surface area contributed by atoms with Crippen LogP contribution in [0.15, 0.2) is 18.2 Å². The van der Waals surface area contributed by atoms with E-state index >= 15 is 0 Å². The zero-order valence-corrected chi connectivity index (χ0v) is 10.1. The summed E-state index contributed by atoms with van der Waals surface area (Å²) in [5.74, 6) is -0.215. The van der Waals surface area contributed by atoms with Gasteiger partial charge in [-0.05, 0) is 47.2 Å². The van der Waals surface area contributed by atoms with E-state index in [1.54, 1.807) is 13.0 Å². The first kappa shape index (κ1) is 11.3. The molecule has 0 aliphatic heterocycles. The molecule has 0 heterocycles. The Labute approximate surface area is 96.8 Å². The van der Waals surface area contributed by atoms with Gasteiger partial charge in [0.1, 0.15) is 0 Å². The van der Waals surface area contributed by atoms with Crippen LogP contribution >= 0.6 is 22.6 Å². The van der Waals surface area contributed by atoms with Crippen molar-refractivity contribution in [2.45, 2.75) is 13.3 Å². The molecule has 0 saturated heterocycles. The summed E-state index contributed by atoms with van der Waals surface area (Å²) in [7, 11) is 0. The Bertz CT molecular complexity index is 339. The van der Waals surface area contributed by atoms with Gasteiger partial charge in [-0.3, -0.25) is 4.79 Å². The molecule has 0 atom stereocenters. The average Bonchev–Trinajstić information content (AvgIpc) is 2.12. The Hall–Kier alpha value is -0.780. The molecule has 0 saturated carbocycles. The van der Waals surface area contributed by atoms with Gasteiger partial charge < -0.3 is 10.5 Å². The fourth-order valence-electron chi connectivity index (χ4n) is 1.08. The number of hydrogen-bond acceptors (Lipinski definition) is 3. The van der Waals surface area contributed by atoms with Crippen molar-refractivity contribution in [3.63, 3.8) is 0 Å². The van der Waals surface area contributed by atoms with Crippen LogP contribution in [0.5, 0.6) is 0 Å². The first-order valence-electron chi connectivity index (χ1n) is 4.33. The van der Waals surface area contributed by atoms with Crippen LogP contribution in [0, 0.1) is 3.57 Å². The van der Waals surface area contributed by atoms with Crippen molar-refractivity contribution < 1.29 is 9.53 Å². The van der Waals surface area contributed by atoms with E-state index in [4.69, 9.17) is 10.5 Å². The zero-order valence-electron chi connectivity index (χ0n) is 7.92. The minimum Gasteiger partial charge on any atom is -0.466 e. The highest BCUT2D eigenvalue weighted by atomic mass is 127. The third-order valence-corrected chi connectivity index (χ3v) is 2.70. The fraction of sp³-hybridized carbons (Fsp3) is 0.300. The lowest BCUT2D eigenvalue weighted by Gasteiger charge is -2.04. The predicted octanol–water partition coefficient (Wildman–Crippen LogP) is 1.98. The molecule has 0 unspecified atom stereocenters. The number of nitrogens with two attached hydrogens (primary N) is 1. The van der Waals surface area contributed by atoms with E-state index in [0.717, 1.165) is 9.13 Å². The summed E-state index contributed by atoms with van der Waals surface area (Å²) in [4.78, 5) is 11.1. The molecule has 4 heteroatoms. The van der Waals surface area contributed by atoms with E-state index in [2.05, 4.69) is 22.6 Å². The summed E-state index contributed by atoms with van der Waals surface area (Å²) in [6.07, 6.45) is 0.287. The van der Waals surface area contributed by atoms with Gasteiger partial charge in [-0.1, -0.05) is 6.07 Å². The molecule has 0 radical (unpaired) electrons. The third kappa shape index (κ3) is 3.17. The lowest BCUT2D eigenvalue weighted by atomic mass is 10.1. The number of benzene rings is 1. The zero-order chi connectivity index (χ0) is 10.6. The minimum atomic E-state index is -0.215. The summed E-state index contributed by atoms with van der Waals surface area (Å²) in [6.45, 7) is 2.21. The van der Waals surface area contributed by atoms with E-state index in [1.807, 2.05) is 12.1 Å². The van der Waals surface area contributed by atoms with Crippen LogP contribution in [-0.4, -0.2) is 12.6 Å². The molecular formula is C10H12INO2. The summed E-state index contributed by atoms with van der Waals surface area (Å²) < 4.78 is 5.83. The van der Waals surface area contributed by atoms with Gasteiger partial charge in [0.2, 0.25) is 0 Å². The van der Waals surface area contributed by atoms with Gasteiger partial charge in [-0.2, -0.15) is 0 Å². The molecule has 2 N–H and O–H groups in total. The SMILES string of the molecule is CCOC(=O)Cc1ccc(I)c(N)c1. The van der Waals surface area contributed by atoms with E-state index in [0.29, 0.717) is 12.3 Å². The minimum absolute atomic E-state index is 0.215. The monoisotopic (exact) mass is 305 g/mol. The summed E-state index contributed by atoms with van der Waals surface area (Å²) in [6, 6.07) is 5.58. The van der Waals surface area contributed by atoms with E-state index in [9.17, 15) is 4.79 Å². The number of esters is 1. The van der Waals surface area contributed by atoms with E-state index in [-0.39, 0.29) is 12.4 Å². The summed E-state index contributed by atoms with van der Waals surface area (Å²) in [5.41, 5.74) is 7.30. The van der Waals surface area contributed by atoms with Crippen molar-refractivity contribution in [1.29, 1.82) is 0 Å². The van der Waals surface area contributed by atoms with Crippen molar-refractivity contribution in [1.82, 2.24) is 0 Å². The van der Waals surface area contributed by atoms with Gasteiger partial charge in [-0.15, -0.1) is 0 Å². The number of ether oxygens (including phenoxy) is 1. The number of carbonyl (C=O) groups is 1. The maximum atomic E-state index is 11.1. The Balaban J connectivity index is 2.68.